The van der Waals surface area contributed by atoms with E-state index < -0.39 is 0 Å². The maximum atomic E-state index is 5.90. The molecule has 0 aliphatic heterocycles. The van der Waals surface area contributed by atoms with Crippen LogP contribution >= 0.6 is 27.5 Å². The van der Waals surface area contributed by atoms with Gasteiger partial charge in [-0.15, -0.1) is 0 Å². The predicted molar refractivity (Wildman–Crippen MR) is 85.9 cm³/mol. The Morgan fingerprint density at radius 2 is 1.95 bits per heavy atom. The fourth-order valence-corrected chi connectivity index (χ4v) is 2.55. The molecule has 0 heterocycles. The summed E-state index contributed by atoms with van der Waals surface area (Å²) in [7, 11) is 1.65. The Balaban J connectivity index is 2.26. The van der Waals surface area contributed by atoms with E-state index in [1.54, 1.807) is 7.11 Å². The van der Waals surface area contributed by atoms with Gasteiger partial charge in [-0.05, 0) is 36.2 Å². The second-order valence-electron chi connectivity index (χ2n) is 4.44. The van der Waals surface area contributed by atoms with E-state index in [1.807, 2.05) is 42.5 Å². The van der Waals surface area contributed by atoms with E-state index in [-0.39, 0.29) is 6.04 Å². The van der Waals surface area contributed by atoms with E-state index in [0.29, 0.717) is 0 Å². The van der Waals surface area contributed by atoms with Gasteiger partial charge < -0.3 is 4.74 Å². The Hall–Kier alpha value is -1.07. The Bertz CT molecular complexity index is 575. The highest BCUT2D eigenvalue weighted by Crippen LogP contribution is 2.30. The van der Waals surface area contributed by atoms with E-state index in [4.69, 9.17) is 22.2 Å². The Morgan fingerprint density at radius 3 is 2.55 bits per heavy atom. The molecule has 0 saturated heterocycles. The lowest BCUT2D eigenvalue weighted by Gasteiger charge is -2.19. The molecule has 0 saturated carbocycles. The molecule has 1 unspecified atom stereocenters. The fraction of sp³-hybridized carbons (Fsp3) is 0.200. The monoisotopic (exact) mass is 354 g/mol. The van der Waals surface area contributed by atoms with E-state index in [9.17, 15) is 0 Å². The summed E-state index contributed by atoms with van der Waals surface area (Å²) in [6.07, 6.45) is 0.756. The molecule has 2 rings (SSSR count). The zero-order valence-corrected chi connectivity index (χ0v) is 13.4. The quantitative estimate of drug-likeness (QED) is 0.632. The molecule has 5 heteroatoms. The molecular formula is C15H16BrClN2O. The number of ether oxygens (including phenoxy) is 1. The summed E-state index contributed by atoms with van der Waals surface area (Å²) < 4.78 is 6.39. The normalized spacial score (nSPS) is 12.2. The van der Waals surface area contributed by atoms with Crippen LogP contribution in [-0.4, -0.2) is 7.11 Å². The highest BCUT2D eigenvalue weighted by atomic mass is 79.9. The van der Waals surface area contributed by atoms with Crippen molar-refractivity contribution in [2.45, 2.75) is 12.5 Å². The van der Waals surface area contributed by atoms with Gasteiger partial charge in [-0.2, -0.15) is 0 Å². The molecule has 0 aliphatic carbocycles. The Labute approximate surface area is 132 Å². The van der Waals surface area contributed by atoms with Crippen LogP contribution in [0.5, 0.6) is 5.75 Å². The first-order valence-electron chi connectivity index (χ1n) is 6.18. The van der Waals surface area contributed by atoms with Gasteiger partial charge in [-0.25, -0.2) is 0 Å². The van der Waals surface area contributed by atoms with Gasteiger partial charge in [0.05, 0.1) is 13.2 Å². The zero-order valence-electron chi connectivity index (χ0n) is 11.1. The highest BCUT2D eigenvalue weighted by Gasteiger charge is 2.15. The number of benzene rings is 2. The largest absolute Gasteiger partial charge is 0.496 e. The minimum Gasteiger partial charge on any atom is -0.496 e. The molecule has 0 radical (unpaired) electrons. The third-order valence-electron chi connectivity index (χ3n) is 3.13. The van der Waals surface area contributed by atoms with Crippen LogP contribution in [0.4, 0.5) is 0 Å². The smallest absolute Gasteiger partial charge is 0.124 e. The lowest BCUT2D eigenvalue weighted by atomic mass is 9.98. The molecule has 3 nitrogen and oxygen atoms in total. The van der Waals surface area contributed by atoms with Crippen molar-refractivity contribution < 1.29 is 4.74 Å². The van der Waals surface area contributed by atoms with E-state index in [1.165, 1.54) is 0 Å². The fourth-order valence-electron chi connectivity index (χ4n) is 2.09. The molecule has 0 bridgehead atoms. The molecule has 0 aromatic heterocycles. The van der Waals surface area contributed by atoms with Crippen LogP contribution < -0.4 is 16.0 Å². The number of hydrogen-bond acceptors (Lipinski definition) is 3. The van der Waals surface area contributed by atoms with E-state index in [2.05, 4.69) is 21.4 Å². The maximum Gasteiger partial charge on any atom is 0.124 e. The average molecular weight is 356 g/mol. The molecule has 0 spiro atoms. The summed E-state index contributed by atoms with van der Waals surface area (Å²) in [5, 5.41) is 0.729. The third kappa shape index (κ3) is 3.73. The topological polar surface area (TPSA) is 47.3 Å². The van der Waals surface area contributed by atoms with E-state index in [0.717, 1.165) is 32.8 Å². The number of halogens is 2. The van der Waals surface area contributed by atoms with Gasteiger partial charge in [0.25, 0.3) is 0 Å². The van der Waals surface area contributed by atoms with Gasteiger partial charge in [-0.1, -0.05) is 45.7 Å². The van der Waals surface area contributed by atoms with Gasteiger partial charge in [0.15, 0.2) is 0 Å². The molecule has 106 valence electrons. The number of methoxy groups -OCH3 is 1. The van der Waals surface area contributed by atoms with Crippen LogP contribution in [0, 0.1) is 0 Å². The number of hydrogen-bond donors (Lipinski definition) is 2. The maximum absolute atomic E-state index is 5.90. The Kier molecular flexibility index (Phi) is 5.43. The molecular weight excluding hydrogens is 340 g/mol. The first kappa shape index (κ1) is 15.3. The van der Waals surface area contributed by atoms with Gasteiger partial charge in [0.1, 0.15) is 5.75 Å². The molecule has 2 aromatic rings. The van der Waals surface area contributed by atoms with Gasteiger partial charge >= 0.3 is 0 Å². The average Bonchev–Trinajstić information content (AvgIpc) is 2.47. The minimum absolute atomic E-state index is 0.0285. The molecule has 0 aliphatic rings. The van der Waals surface area contributed by atoms with Gasteiger partial charge in [0.2, 0.25) is 0 Å². The molecule has 0 fully saturated rings. The second-order valence-corrected chi connectivity index (χ2v) is 5.79. The van der Waals surface area contributed by atoms with Crippen LogP contribution in [0.1, 0.15) is 17.2 Å². The summed E-state index contributed by atoms with van der Waals surface area (Å²) in [5.74, 6) is 6.50. The predicted octanol–water partition coefficient (Wildman–Crippen LogP) is 3.86. The summed E-state index contributed by atoms with van der Waals surface area (Å²) >= 11 is 9.34. The number of nitrogens with one attached hydrogen (secondary N) is 1. The molecule has 3 N–H and O–H groups in total. The summed E-state index contributed by atoms with van der Waals surface area (Å²) in [5.41, 5.74) is 5.02. The molecule has 2 aromatic carbocycles. The lowest BCUT2D eigenvalue weighted by Crippen LogP contribution is -2.29. The van der Waals surface area contributed by atoms with Crippen molar-refractivity contribution in [1.29, 1.82) is 0 Å². The van der Waals surface area contributed by atoms with Crippen LogP contribution in [0.3, 0.4) is 0 Å². The zero-order chi connectivity index (χ0) is 14.5. The van der Waals surface area contributed by atoms with Gasteiger partial charge in [0, 0.05) is 15.1 Å². The van der Waals surface area contributed by atoms with Crippen LogP contribution in [0.2, 0.25) is 5.02 Å². The van der Waals surface area contributed by atoms with Crippen molar-refractivity contribution in [3.05, 3.63) is 63.1 Å². The van der Waals surface area contributed by atoms with Crippen molar-refractivity contribution in [2.75, 3.05) is 7.11 Å². The van der Waals surface area contributed by atoms with Crippen molar-refractivity contribution in [2.24, 2.45) is 5.84 Å². The third-order valence-corrected chi connectivity index (χ3v) is 3.87. The van der Waals surface area contributed by atoms with Gasteiger partial charge in [-0.3, -0.25) is 11.3 Å². The number of hydrazine groups is 1. The van der Waals surface area contributed by atoms with Crippen molar-refractivity contribution in [3.63, 3.8) is 0 Å². The first-order valence-corrected chi connectivity index (χ1v) is 7.35. The SMILES string of the molecule is COc1cc(Br)ccc1C(Cc1ccc(Cl)cc1)NN. The minimum atomic E-state index is -0.0285. The standard InChI is InChI=1S/C15H16BrClN2O/c1-20-15-9-11(16)4-7-13(15)14(19-18)8-10-2-5-12(17)6-3-10/h2-7,9,14,19H,8,18H2,1H3. The number of rotatable bonds is 5. The Morgan fingerprint density at radius 1 is 1.25 bits per heavy atom. The summed E-state index contributed by atoms with van der Waals surface area (Å²) in [6, 6.07) is 13.6. The number of nitrogens with two attached hydrogens (primary N) is 1. The summed E-state index contributed by atoms with van der Waals surface area (Å²) in [6.45, 7) is 0. The first-order chi connectivity index (χ1) is 9.63. The van der Waals surface area contributed by atoms with E-state index >= 15 is 0 Å². The highest BCUT2D eigenvalue weighted by molar-refractivity contribution is 9.10. The van der Waals surface area contributed by atoms with Crippen LogP contribution in [-0.2, 0) is 6.42 Å². The lowest BCUT2D eigenvalue weighted by molar-refractivity contribution is 0.398. The van der Waals surface area contributed by atoms with Crippen molar-refractivity contribution in [1.82, 2.24) is 5.43 Å². The summed E-state index contributed by atoms with van der Waals surface area (Å²) in [4.78, 5) is 0. The van der Waals surface area contributed by atoms with Crippen molar-refractivity contribution >= 4 is 27.5 Å². The van der Waals surface area contributed by atoms with Crippen LogP contribution in [0.15, 0.2) is 46.9 Å². The molecule has 0 amide bonds. The molecule has 1 atom stereocenters. The molecule has 20 heavy (non-hydrogen) atoms. The van der Waals surface area contributed by atoms with Crippen molar-refractivity contribution in [3.8, 4) is 5.75 Å². The van der Waals surface area contributed by atoms with Crippen LogP contribution in [0.25, 0.3) is 0 Å². The second kappa shape index (κ2) is 7.09.